The van der Waals surface area contributed by atoms with Crippen molar-refractivity contribution in [2.24, 2.45) is 0 Å². The maximum Gasteiger partial charge on any atom is 0.0541 e. The van der Waals surface area contributed by atoms with Crippen molar-refractivity contribution >= 4 is 38.9 Å². The highest BCUT2D eigenvalue weighted by atomic mass is 15.2. The number of benzene rings is 9. The van der Waals surface area contributed by atoms with Crippen molar-refractivity contribution in [1.29, 1.82) is 0 Å². The molecule has 0 aliphatic carbocycles. The molecular formula is C55H38N2. The minimum atomic E-state index is 0.863. The second-order valence-electron chi connectivity index (χ2n) is 15.0. The fourth-order valence-corrected chi connectivity index (χ4v) is 8.79. The smallest absolute Gasteiger partial charge is 0.0541 e. The van der Waals surface area contributed by atoms with Gasteiger partial charge in [-0.25, -0.2) is 0 Å². The van der Waals surface area contributed by atoms with Crippen LogP contribution in [-0.2, 0) is 6.42 Å². The predicted octanol–water partition coefficient (Wildman–Crippen LogP) is 14.8. The average Bonchev–Trinajstić information content (AvgIpc) is 3.62. The van der Waals surface area contributed by atoms with E-state index in [1.54, 1.807) is 0 Å². The third-order valence-corrected chi connectivity index (χ3v) is 11.6. The maximum absolute atomic E-state index is 2.44. The van der Waals surface area contributed by atoms with Gasteiger partial charge >= 0.3 is 0 Å². The minimum Gasteiger partial charge on any atom is -0.310 e. The highest BCUT2D eigenvalue weighted by molar-refractivity contribution is 6.10. The summed E-state index contributed by atoms with van der Waals surface area (Å²) in [7, 11) is 0. The van der Waals surface area contributed by atoms with Gasteiger partial charge in [-0.3, -0.25) is 0 Å². The largest absolute Gasteiger partial charge is 0.310 e. The van der Waals surface area contributed by atoms with Gasteiger partial charge in [0, 0.05) is 39.9 Å². The van der Waals surface area contributed by atoms with Crippen molar-refractivity contribution in [1.82, 2.24) is 4.57 Å². The molecule has 0 atom stereocenters. The first-order valence-electron chi connectivity index (χ1n) is 19.7. The van der Waals surface area contributed by atoms with Crippen molar-refractivity contribution in [2.75, 3.05) is 4.90 Å². The molecule has 0 N–H and O–H groups in total. The predicted molar refractivity (Wildman–Crippen MR) is 240 cm³/mol. The van der Waals surface area contributed by atoms with Gasteiger partial charge < -0.3 is 9.47 Å². The number of aromatic nitrogens is 1. The van der Waals surface area contributed by atoms with E-state index < -0.39 is 0 Å². The van der Waals surface area contributed by atoms with Crippen molar-refractivity contribution in [3.63, 3.8) is 0 Å². The third-order valence-electron chi connectivity index (χ3n) is 11.6. The van der Waals surface area contributed by atoms with Gasteiger partial charge in [0.25, 0.3) is 0 Å². The fourth-order valence-electron chi connectivity index (χ4n) is 8.79. The summed E-state index contributed by atoms with van der Waals surface area (Å²) in [6.45, 7) is 0. The van der Waals surface area contributed by atoms with Crippen LogP contribution in [-0.4, -0.2) is 4.57 Å². The van der Waals surface area contributed by atoms with Crippen LogP contribution in [0.2, 0.25) is 0 Å². The van der Waals surface area contributed by atoms with Gasteiger partial charge in [-0.15, -0.1) is 0 Å². The molecule has 0 spiro atoms. The summed E-state index contributed by atoms with van der Waals surface area (Å²) >= 11 is 0. The number of nitrogens with zero attached hydrogens (tertiary/aromatic N) is 2. The number of fused-ring (bicyclic) bond motifs is 5. The number of hydrogen-bond donors (Lipinski definition) is 0. The Hall–Kier alpha value is -7.42. The number of anilines is 3. The van der Waals surface area contributed by atoms with E-state index in [9.17, 15) is 0 Å². The summed E-state index contributed by atoms with van der Waals surface area (Å²) in [6.07, 6.45) is 0.863. The standard InChI is InChI=1S/C55H38N2/c1-4-12-38(13-5-1)41-20-27-48(28-21-41)56-52-31-24-43(39-14-6-2-7-15-39)34-46(52)36-47-35-44(25-32-53(47)56)42-22-29-49(30-23-42)57-54-19-11-10-18-50(54)51-37-45(26-33-55(51)57)40-16-8-3-9-17-40/h1-35,37H,36H2. The molecular weight excluding hydrogens is 689 g/mol. The maximum atomic E-state index is 2.44. The second kappa shape index (κ2) is 13.7. The lowest BCUT2D eigenvalue weighted by Gasteiger charge is -2.34. The van der Waals surface area contributed by atoms with Gasteiger partial charge in [0.2, 0.25) is 0 Å². The molecule has 268 valence electrons. The lowest BCUT2D eigenvalue weighted by molar-refractivity contribution is 1.09. The molecule has 0 fully saturated rings. The summed E-state index contributed by atoms with van der Waals surface area (Å²) in [6, 6.07) is 79.6. The quantitative estimate of drug-likeness (QED) is 0.166. The summed E-state index contributed by atoms with van der Waals surface area (Å²) in [5, 5.41) is 2.53. The Morgan fingerprint density at radius 1 is 0.281 bits per heavy atom. The lowest BCUT2D eigenvalue weighted by atomic mass is 9.90. The normalized spacial score (nSPS) is 12.1. The van der Waals surface area contributed by atoms with E-state index in [0.717, 1.165) is 17.8 Å². The Kier molecular flexibility index (Phi) is 7.93. The summed E-state index contributed by atoms with van der Waals surface area (Å²) in [4.78, 5) is 2.44. The van der Waals surface area contributed by atoms with Crippen molar-refractivity contribution in [3.05, 3.63) is 230 Å². The van der Waals surface area contributed by atoms with Crippen LogP contribution >= 0.6 is 0 Å². The van der Waals surface area contributed by atoms with E-state index in [0.29, 0.717) is 0 Å². The number of para-hydroxylation sites is 1. The second-order valence-corrected chi connectivity index (χ2v) is 15.0. The first-order valence-corrected chi connectivity index (χ1v) is 19.7. The third kappa shape index (κ3) is 5.82. The van der Waals surface area contributed by atoms with Crippen molar-refractivity contribution in [3.8, 4) is 50.2 Å². The molecule has 1 aromatic heterocycles. The Morgan fingerprint density at radius 3 is 1.26 bits per heavy atom. The summed E-state index contributed by atoms with van der Waals surface area (Å²) in [5.74, 6) is 0. The molecule has 1 aliphatic heterocycles. The molecule has 11 rings (SSSR count). The molecule has 1 aliphatic rings. The average molecular weight is 727 g/mol. The lowest BCUT2D eigenvalue weighted by Crippen LogP contribution is -2.18. The first-order chi connectivity index (χ1) is 28.2. The molecule has 0 radical (unpaired) electrons. The first kappa shape index (κ1) is 33.0. The van der Waals surface area contributed by atoms with Crippen molar-refractivity contribution in [2.45, 2.75) is 6.42 Å². The number of hydrogen-bond acceptors (Lipinski definition) is 1. The van der Waals surface area contributed by atoms with E-state index in [1.807, 2.05) is 0 Å². The van der Waals surface area contributed by atoms with E-state index in [4.69, 9.17) is 0 Å². The highest BCUT2D eigenvalue weighted by Crippen LogP contribution is 2.46. The van der Waals surface area contributed by atoms with Crippen LogP contribution in [0.1, 0.15) is 11.1 Å². The van der Waals surface area contributed by atoms with Gasteiger partial charge in [0.1, 0.15) is 0 Å². The van der Waals surface area contributed by atoms with Gasteiger partial charge in [0.15, 0.2) is 0 Å². The van der Waals surface area contributed by atoms with Gasteiger partial charge in [-0.2, -0.15) is 0 Å². The summed E-state index contributed by atoms with van der Waals surface area (Å²) < 4.78 is 2.40. The molecule has 10 aromatic rings. The van der Waals surface area contributed by atoms with Crippen LogP contribution in [0.3, 0.4) is 0 Å². The van der Waals surface area contributed by atoms with Crippen LogP contribution in [0, 0.1) is 0 Å². The monoisotopic (exact) mass is 726 g/mol. The molecule has 2 heteroatoms. The highest BCUT2D eigenvalue weighted by Gasteiger charge is 2.25. The number of rotatable bonds is 6. The Morgan fingerprint density at radius 2 is 0.684 bits per heavy atom. The van der Waals surface area contributed by atoms with E-state index in [1.165, 1.54) is 88.8 Å². The van der Waals surface area contributed by atoms with Gasteiger partial charge in [-0.05, 0) is 122 Å². The Labute approximate surface area is 333 Å². The zero-order chi connectivity index (χ0) is 37.7. The Balaban J connectivity index is 0.975. The molecule has 0 unspecified atom stereocenters. The molecule has 0 bridgehead atoms. The fraction of sp³-hybridized carbons (Fsp3) is 0.0182. The van der Waals surface area contributed by atoms with Crippen LogP contribution in [0.25, 0.3) is 72.0 Å². The molecule has 2 nitrogen and oxygen atoms in total. The molecule has 0 amide bonds. The Bertz CT molecular complexity index is 3050. The van der Waals surface area contributed by atoms with E-state index in [2.05, 4.69) is 228 Å². The zero-order valence-corrected chi connectivity index (χ0v) is 31.4. The van der Waals surface area contributed by atoms with Crippen LogP contribution in [0.5, 0.6) is 0 Å². The topological polar surface area (TPSA) is 8.17 Å². The van der Waals surface area contributed by atoms with Crippen LogP contribution in [0.15, 0.2) is 218 Å². The molecule has 2 heterocycles. The summed E-state index contributed by atoms with van der Waals surface area (Å²) in [5.41, 5.74) is 19.6. The van der Waals surface area contributed by atoms with Crippen molar-refractivity contribution < 1.29 is 0 Å². The molecule has 0 saturated carbocycles. The van der Waals surface area contributed by atoms with E-state index in [-0.39, 0.29) is 0 Å². The zero-order valence-electron chi connectivity index (χ0n) is 31.4. The SMILES string of the molecule is c1ccc(-c2ccc(N3c4ccc(-c5ccccc5)cc4Cc4cc(-c5ccc(-n6c7ccccc7c7cc(-c8ccccc8)ccc76)cc5)ccc43)cc2)cc1. The molecule has 0 saturated heterocycles. The molecule has 57 heavy (non-hydrogen) atoms. The molecule has 9 aromatic carbocycles. The van der Waals surface area contributed by atoms with Crippen LogP contribution in [0.4, 0.5) is 17.1 Å². The van der Waals surface area contributed by atoms with Gasteiger partial charge in [0.05, 0.1) is 11.0 Å². The van der Waals surface area contributed by atoms with E-state index >= 15 is 0 Å². The van der Waals surface area contributed by atoms with Gasteiger partial charge in [-0.1, -0.05) is 152 Å². The minimum absolute atomic E-state index is 0.863. The van der Waals surface area contributed by atoms with Crippen LogP contribution < -0.4 is 4.90 Å².